The van der Waals surface area contributed by atoms with Crippen LogP contribution in [-0.2, 0) is 6.54 Å². The van der Waals surface area contributed by atoms with E-state index in [0.717, 1.165) is 11.7 Å². The number of thiazole rings is 1. The van der Waals surface area contributed by atoms with E-state index in [2.05, 4.69) is 40.4 Å². The normalized spacial score (nSPS) is 11.7. The molecule has 0 amide bonds. The second kappa shape index (κ2) is 17.3. The van der Waals surface area contributed by atoms with Gasteiger partial charge in [0.25, 0.3) is 0 Å². The number of benzene rings is 5. The van der Waals surface area contributed by atoms with Crippen molar-refractivity contribution in [3.05, 3.63) is 164 Å². The van der Waals surface area contributed by atoms with Gasteiger partial charge < -0.3 is 4.74 Å². The second-order valence-electron chi connectivity index (χ2n) is 12.7. The maximum Gasteiger partial charge on any atom is 0.430 e. The monoisotopic (exact) mass is 913 g/mol. The van der Waals surface area contributed by atoms with Gasteiger partial charge in [0.1, 0.15) is 58.8 Å². The first kappa shape index (κ1) is 46.3. The summed E-state index contributed by atoms with van der Waals surface area (Å²) in [4.78, 5) is 0. The maximum absolute atomic E-state index is 15.4. The lowest BCUT2D eigenvalue weighted by Gasteiger charge is -2.44. The number of aromatic nitrogens is 1. The van der Waals surface area contributed by atoms with Crippen molar-refractivity contribution < 1.29 is 97.1 Å². The number of hydrogen-bond donors (Lipinski definition) is 0. The molecule has 324 valence electrons. The van der Waals surface area contributed by atoms with Crippen LogP contribution in [0.2, 0.25) is 0 Å². The summed E-state index contributed by atoms with van der Waals surface area (Å²) in [6.45, 7) is 4.96. The fraction of sp³-hybridized carbons (Fsp3) is 0.108. The zero-order valence-electron chi connectivity index (χ0n) is 29.7. The minimum atomic E-state index is -7.22. The van der Waals surface area contributed by atoms with Gasteiger partial charge in [-0.15, -0.1) is 21.9 Å². The lowest BCUT2D eigenvalue weighted by atomic mass is 9.12. The molecule has 0 N–H and O–H groups in total. The van der Waals surface area contributed by atoms with Crippen molar-refractivity contribution in [3.8, 4) is 5.19 Å². The predicted molar refractivity (Wildman–Crippen MR) is 175 cm³/mol. The molecule has 1 heterocycles. The molecular weight excluding hydrogens is 897 g/mol. The number of ether oxygens (including phenoxy) is 1. The molecule has 0 atom stereocenters. The van der Waals surface area contributed by atoms with Crippen LogP contribution >= 0.6 is 11.3 Å². The van der Waals surface area contributed by atoms with Gasteiger partial charge in [-0.05, 0) is 25.2 Å². The molecule has 0 aliphatic heterocycles. The number of rotatable bonds is 8. The van der Waals surface area contributed by atoms with E-state index in [4.69, 9.17) is 4.74 Å². The summed E-state index contributed by atoms with van der Waals surface area (Å²) in [6, 6.07) is 10.4. The summed E-state index contributed by atoms with van der Waals surface area (Å²) in [6.07, 6.45) is -4.93. The fourth-order valence-corrected chi connectivity index (χ4v) is 7.19. The van der Waals surface area contributed by atoms with Crippen LogP contribution in [0.5, 0.6) is 5.19 Å². The van der Waals surface area contributed by atoms with Gasteiger partial charge in [-0.25, -0.2) is 87.8 Å². The minimum Gasteiger partial charge on any atom is -0.433 e. The Labute approximate surface area is 331 Å². The molecule has 0 aliphatic carbocycles. The van der Waals surface area contributed by atoms with Crippen LogP contribution < -0.4 is 31.2 Å². The van der Waals surface area contributed by atoms with Crippen molar-refractivity contribution in [2.24, 2.45) is 0 Å². The van der Waals surface area contributed by atoms with Gasteiger partial charge in [0.15, 0.2) is 82.5 Å². The maximum atomic E-state index is 15.4. The largest absolute Gasteiger partial charge is 0.433 e. The summed E-state index contributed by atoms with van der Waals surface area (Å²) < 4.78 is 302. The number of nitrogens with zero attached hydrogens (tertiary/aromatic N) is 1. The number of hydrogen-bond acceptors (Lipinski definition) is 2. The van der Waals surface area contributed by atoms with Crippen molar-refractivity contribution in [1.29, 1.82) is 0 Å². The first-order chi connectivity index (χ1) is 28.5. The zero-order chi connectivity index (χ0) is 45.7. The first-order valence-corrected chi connectivity index (χ1v) is 17.2. The average Bonchev–Trinajstić information content (AvgIpc) is 3.66. The van der Waals surface area contributed by atoms with Gasteiger partial charge in [0.05, 0.1) is 5.38 Å². The minimum absolute atomic E-state index is 0.223. The van der Waals surface area contributed by atoms with Gasteiger partial charge in [0.2, 0.25) is 0 Å². The molecule has 2 nitrogen and oxygen atoms in total. The highest BCUT2D eigenvalue weighted by Crippen LogP contribution is 2.31. The van der Waals surface area contributed by atoms with Crippen LogP contribution in [0, 0.1) is 116 Å². The number of halogens is 20. The van der Waals surface area contributed by atoms with Gasteiger partial charge in [-0.1, -0.05) is 30.3 Å². The molecule has 6 aromatic rings. The summed E-state index contributed by atoms with van der Waals surface area (Å²) in [7, 11) is 0. The topological polar surface area (TPSA) is 13.1 Å². The van der Waals surface area contributed by atoms with E-state index in [9.17, 15) is 52.7 Å². The Kier molecular flexibility index (Phi) is 13.1. The molecule has 0 fully saturated rings. The highest BCUT2D eigenvalue weighted by Gasteiger charge is 2.52. The quantitative estimate of drug-likeness (QED) is 0.0490. The van der Waals surface area contributed by atoms with Crippen LogP contribution in [-0.4, -0.2) is 12.2 Å². The van der Waals surface area contributed by atoms with E-state index in [-0.39, 0.29) is 6.10 Å². The summed E-state index contributed by atoms with van der Waals surface area (Å²) in [5.74, 6) is -71.4. The second-order valence-corrected chi connectivity index (χ2v) is 13.6. The van der Waals surface area contributed by atoms with Crippen molar-refractivity contribution in [1.82, 2.24) is 0 Å². The molecule has 0 saturated carbocycles. The Morgan fingerprint density at radius 2 is 0.689 bits per heavy atom. The standard InChI is InChI=1S/C24BF20.C13H16NOS/c26-5-1(6(27)14(35)21(42)13(5)34)25(2-7(28)15(36)22(43)16(37)8(2)29,3-9(30)17(38)23(44)18(39)10(3)31)4-11(32)19(40)24(45)20(41)12(4)33;1-11(2)15-13-14(8-9-16-13)10-12-6-4-3-5-7-12/h;3-9,11H,10H2,1-2H3/q-1;+1. The van der Waals surface area contributed by atoms with Gasteiger partial charge >= 0.3 is 5.19 Å². The van der Waals surface area contributed by atoms with E-state index in [1.54, 1.807) is 11.3 Å². The molecular formula is C37H16BF20NOS. The third kappa shape index (κ3) is 7.51. The lowest BCUT2D eigenvalue weighted by Crippen LogP contribution is -2.81. The summed E-state index contributed by atoms with van der Waals surface area (Å²) in [5, 5.41) is 3.03. The SMILES string of the molecule is CC(C)Oc1scc[n+]1Cc1ccccc1.Fc1c(F)c(F)c([B-](c2c(F)c(F)c(F)c(F)c2F)(c2c(F)c(F)c(F)c(F)c2F)c2c(F)c(F)c(F)c(F)c2F)c(F)c1F. The Hall–Kier alpha value is -5.81. The van der Waals surface area contributed by atoms with E-state index in [1.165, 1.54) is 5.56 Å². The van der Waals surface area contributed by atoms with E-state index >= 15 is 35.1 Å². The third-order valence-electron chi connectivity index (χ3n) is 8.88. The van der Waals surface area contributed by atoms with Gasteiger partial charge in [-0.2, -0.15) is 4.57 Å². The Morgan fingerprint density at radius 1 is 0.426 bits per heavy atom. The van der Waals surface area contributed by atoms with Crippen molar-refractivity contribution in [2.75, 3.05) is 0 Å². The van der Waals surface area contributed by atoms with E-state index < -0.39 is 144 Å². The molecule has 0 spiro atoms. The Morgan fingerprint density at radius 3 is 0.951 bits per heavy atom. The molecule has 61 heavy (non-hydrogen) atoms. The fourth-order valence-electron chi connectivity index (χ4n) is 6.36. The molecule has 24 heteroatoms. The Balaban J connectivity index is 0.000000366. The van der Waals surface area contributed by atoms with Crippen LogP contribution in [0.4, 0.5) is 87.8 Å². The highest BCUT2D eigenvalue weighted by molar-refractivity contribution is 7.20. The van der Waals surface area contributed by atoms with Crippen molar-refractivity contribution in [3.63, 3.8) is 0 Å². The average molecular weight is 913 g/mol. The molecule has 1 aromatic heterocycles. The van der Waals surface area contributed by atoms with Crippen molar-refractivity contribution in [2.45, 2.75) is 26.5 Å². The highest BCUT2D eigenvalue weighted by atomic mass is 32.1. The molecule has 5 aromatic carbocycles. The predicted octanol–water partition coefficient (Wildman–Crippen LogP) is 8.72. The zero-order valence-corrected chi connectivity index (χ0v) is 30.5. The van der Waals surface area contributed by atoms with Crippen LogP contribution in [0.3, 0.4) is 0 Å². The smallest absolute Gasteiger partial charge is 0.430 e. The third-order valence-corrected chi connectivity index (χ3v) is 9.67. The van der Waals surface area contributed by atoms with Gasteiger partial charge in [-0.3, -0.25) is 0 Å². The first-order valence-electron chi connectivity index (χ1n) is 16.4. The molecule has 6 rings (SSSR count). The summed E-state index contributed by atoms with van der Waals surface area (Å²) in [5.41, 5.74) is -13.0. The molecule has 0 bridgehead atoms. The molecule has 0 unspecified atom stereocenters. The van der Waals surface area contributed by atoms with Crippen LogP contribution in [0.15, 0.2) is 41.9 Å². The molecule has 0 saturated heterocycles. The van der Waals surface area contributed by atoms with Crippen molar-refractivity contribution >= 4 is 39.3 Å². The summed E-state index contributed by atoms with van der Waals surface area (Å²) >= 11 is 1.64. The molecule has 0 radical (unpaired) electrons. The van der Waals surface area contributed by atoms with Gasteiger partial charge in [0, 0.05) is 5.56 Å². The molecule has 0 aliphatic rings. The lowest BCUT2D eigenvalue weighted by molar-refractivity contribution is -0.689. The van der Waals surface area contributed by atoms with E-state index in [0.29, 0.717) is 0 Å². The van der Waals surface area contributed by atoms with Crippen LogP contribution in [0.25, 0.3) is 0 Å². The van der Waals surface area contributed by atoms with Crippen LogP contribution in [0.1, 0.15) is 19.4 Å². The Bertz CT molecular complexity index is 2310. The van der Waals surface area contributed by atoms with E-state index in [1.807, 2.05) is 19.9 Å².